The minimum atomic E-state index is -0.0598. The predicted molar refractivity (Wildman–Crippen MR) is 87.3 cm³/mol. The maximum atomic E-state index is 12.3. The molecule has 6 heteroatoms. The van der Waals surface area contributed by atoms with Gasteiger partial charge in [-0.05, 0) is 38.0 Å². The van der Waals surface area contributed by atoms with Gasteiger partial charge in [-0.1, -0.05) is 6.07 Å². The molecule has 3 rings (SSSR count). The van der Waals surface area contributed by atoms with E-state index < -0.39 is 0 Å². The molecule has 0 saturated carbocycles. The molecule has 6 nitrogen and oxygen atoms in total. The third-order valence-electron chi connectivity index (χ3n) is 4.06. The maximum Gasteiger partial charge on any atom is 0.224 e. The summed E-state index contributed by atoms with van der Waals surface area (Å²) in [4.78, 5) is 19.9. The number of imidazole rings is 1. The van der Waals surface area contributed by atoms with Gasteiger partial charge in [-0.2, -0.15) is 0 Å². The fraction of sp³-hybridized carbons (Fsp3) is 0.529. The Hall–Kier alpha value is -1.92. The van der Waals surface area contributed by atoms with Gasteiger partial charge < -0.3 is 19.8 Å². The number of carbonyl (C=O) groups excluding carboxylic acids is 1. The van der Waals surface area contributed by atoms with E-state index in [1.807, 2.05) is 32.0 Å². The molecule has 2 aromatic rings. The van der Waals surface area contributed by atoms with Crippen LogP contribution in [0.3, 0.4) is 0 Å². The molecule has 1 aromatic heterocycles. The zero-order valence-corrected chi connectivity index (χ0v) is 13.6. The van der Waals surface area contributed by atoms with Crippen LogP contribution in [0.4, 0.5) is 0 Å². The summed E-state index contributed by atoms with van der Waals surface area (Å²) in [6.45, 7) is 5.70. The Labute approximate surface area is 135 Å². The molecule has 2 N–H and O–H groups in total. The topological polar surface area (TPSA) is 76.2 Å². The van der Waals surface area contributed by atoms with Crippen molar-refractivity contribution in [1.29, 1.82) is 0 Å². The number of nitrogens with zero attached hydrogens (tertiary/aromatic N) is 1. The van der Waals surface area contributed by atoms with Crippen LogP contribution in [0, 0.1) is 6.92 Å². The summed E-state index contributed by atoms with van der Waals surface area (Å²) in [5.74, 6) is 0.889. The fourth-order valence-corrected chi connectivity index (χ4v) is 2.99. The van der Waals surface area contributed by atoms with E-state index in [9.17, 15) is 4.79 Å². The van der Waals surface area contributed by atoms with Crippen molar-refractivity contribution in [2.45, 2.75) is 38.8 Å². The molecular formula is C17H23N3O3. The molecule has 2 atom stereocenters. The summed E-state index contributed by atoms with van der Waals surface area (Å²) in [6, 6.07) is 5.90. The van der Waals surface area contributed by atoms with Crippen LogP contribution in [0.15, 0.2) is 18.2 Å². The molecule has 1 fully saturated rings. The highest BCUT2D eigenvalue weighted by Crippen LogP contribution is 2.15. The van der Waals surface area contributed by atoms with Crippen LogP contribution in [0.5, 0.6) is 0 Å². The molecule has 2 heterocycles. The van der Waals surface area contributed by atoms with Crippen LogP contribution >= 0.6 is 0 Å². The van der Waals surface area contributed by atoms with Crippen LogP contribution in [-0.2, 0) is 20.7 Å². The standard InChI is InChI=1S/C17H23N3O3/c1-3-23-16-10-22-7-6-14(16)20-17(21)9-12-4-5-13-15(8-12)19-11(2)18-13/h4-5,8,14,16H,3,6-7,9-10H2,1-2H3,(H,18,19)(H,20,21)/t14-,16-/m1/s1. The van der Waals surface area contributed by atoms with Crippen LogP contribution in [0.2, 0.25) is 0 Å². The molecule has 0 bridgehead atoms. The summed E-state index contributed by atoms with van der Waals surface area (Å²) < 4.78 is 11.1. The number of amides is 1. The summed E-state index contributed by atoms with van der Waals surface area (Å²) in [5, 5.41) is 3.09. The van der Waals surface area contributed by atoms with Gasteiger partial charge in [0.05, 0.1) is 30.1 Å². The lowest BCUT2D eigenvalue weighted by molar-refractivity contribution is -0.125. The van der Waals surface area contributed by atoms with Gasteiger partial charge in [-0.3, -0.25) is 4.79 Å². The monoisotopic (exact) mass is 317 g/mol. The molecule has 1 aromatic carbocycles. The molecule has 1 aliphatic heterocycles. The number of aromatic nitrogens is 2. The number of ether oxygens (including phenoxy) is 2. The van der Waals surface area contributed by atoms with Crippen LogP contribution in [0.25, 0.3) is 11.0 Å². The quantitative estimate of drug-likeness (QED) is 0.880. The van der Waals surface area contributed by atoms with Crippen molar-refractivity contribution in [2.24, 2.45) is 0 Å². The van der Waals surface area contributed by atoms with Gasteiger partial charge in [-0.25, -0.2) is 4.98 Å². The smallest absolute Gasteiger partial charge is 0.224 e. The van der Waals surface area contributed by atoms with E-state index in [2.05, 4.69) is 15.3 Å². The molecule has 23 heavy (non-hydrogen) atoms. The van der Waals surface area contributed by atoms with Crippen LogP contribution in [-0.4, -0.2) is 47.8 Å². The zero-order chi connectivity index (χ0) is 16.2. The van der Waals surface area contributed by atoms with Gasteiger partial charge in [0.15, 0.2) is 0 Å². The number of benzene rings is 1. The highest BCUT2D eigenvalue weighted by Gasteiger charge is 2.27. The molecule has 1 amide bonds. The predicted octanol–water partition coefficient (Wildman–Crippen LogP) is 1.72. The Balaban J connectivity index is 1.63. The van der Waals surface area contributed by atoms with E-state index in [0.717, 1.165) is 28.8 Å². The number of hydrogen-bond acceptors (Lipinski definition) is 4. The average molecular weight is 317 g/mol. The average Bonchev–Trinajstić information content (AvgIpc) is 2.89. The van der Waals surface area contributed by atoms with Crippen molar-refractivity contribution in [2.75, 3.05) is 19.8 Å². The third-order valence-corrected chi connectivity index (χ3v) is 4.06. The minimum absolute atomic E-state index is 0.0113. The second kappa shape index (κ2) is 7.10. The van der Waals surface area contributed by atoms with E-state index in [-0.39, 0.29) is 18.1 Å². The summed E-state index contributed by atoms with van der Waals surface area (Å²) in [7, 11) is 0. The van der Waals surface area contributed by atoms with Gasteiger partial charge in [-0.15, -0.1) is 0 Å². The Morgan fingerprint density at radius 3 is 3.22 bits per heavy atom. The summed E-state index contributed by atoms with van der Waals surface area (Å²) >= 11 is 0. The highest BCUT2D eigenvalue weighted by molar-refractivity contribution is 5.82. The summed E-state index contributed by atoms with van der Waals surface area (Å²) in [5.41, 5.74) is 2.86. The number of H-pyrrole nitrogens is 1. The lowest BCUT2D eigenvalue weighted by atomic mass is 10.0. The van der Waals surface area contributed by atoms with E-state index in [0.29, 0.717) is 26.2 Å². The molecule has 0 radical (unpaired) electrons. The maximum absolute atomic E-state index is 12.3. The summed E-state index contributed by atoms with van der Waals surface area (Å²) in [6.07, 6.45) is 1.08. The third kappa shape index (κ3) is 3.89. The minimum Gasteiger partial charge on any atom is -0.379 e. The van der Waals surface area contributed by atoms with Crippen molar-refractivity contribution in [3.05, 3.63) is 29.6 Å². The lowest BCUT2D eigenvalue weighted by Gasteiger charge is -2.31. The first-order valence-electron chi connectivity index (χ1n) is 8.09. The Morgan fingerprint density at radius 1 is 1.52 bits per heavy atom. The first-order chi connectivity index (χ1) is 11.2. The van der Waals surface area contributed by atoms with E-state index in [4.69, 9.17) is 9.47 Å². The number of rotatable bonds is 5. The van der Waals surface area contributed by atoms with Crippen molar-refractivity contribution in [3.8, 4) is 0 Å². The molecule has 0 unspecified atom stereocenters. The van der Waals surface area contributed by atoms with Crippen LogP contribution in [0.1, 0.15) is 24.7 Å². The molecule has 0 aliphatic carbocycles. The van der Waals surface area contributed by atoms with Gasteiger partial charge >= 0.3 is 0 Å². The number of hydrogen-bond donors (Lipinski definition) is 2. The zero-order valence-electron chi connectivity index (χ0n) is 13.6. The van der Waals surface area contributed by atoms with Gasteiger partial charge in [0.2, 0.25) is 5.91 Å². The van der Waals surface area contributed by atoms with Gasteiger partial charge in [0.25, 0.3) is 0 Å². The van der Waals surface area contributed by atoms with E-state index in [1.54, 1.807) is 0 Å². The number of aromatic amines is 1. The van der Waals surface area contributed by atoms with Crippen molar-refractivity contribution < 1.29 is 14.3 Å². The first kappa shape index (κ1) is 16.0. The Morgan fingerprint density at radius 2 is 2.39 bits per heavy atom. The number of nitrogens with one attached hydrogen (secondary N) is 2. The SMILES string of the molecule is CCO[C@@H]1COCC[C@H]1NC(=O)Cc1ccc2nc(C)[nH]c2c1. The number of fused-ring (bicyclic) bond motifs is 1. The Bertz CT molecular complexity index is 681. The van der Waals surface area contributed by atoms with E-state index >= 15 is 0 Å². The first-order valence-corrected chi connectivity index (χ1v) is 8.09. The normalized spacial score (nSPS) is 21.5. The van der Waals surface area contributed by atoms with Crippen molar-refractivity contribution >= 4 is 16.9 Å². The highest BCUT2D eigenvalue weighted by atomic mass is 16.5. The molecule has 1 saturated heterocycles. The molecule has 0 spiro atoms. The van der Waals surface area contributed by atoms with Crippen molar-refractivity contribution in [3.63, 3.8) is 0 Å². The lowest BCUT2D eigenvalue weighted by Crippen LogP contribution is -2.50. The van der Waals surface area contributed by atoms with Gasteiger partial charge in [0, 0.05) is 13.2 Å². The fourth-order valence-electron chi connectivity index (χ4n) is 2.99. The largest absolute Gasteiger partial charge is 0.379 e. The molecule has 124 valence electrons. The van der Waals surface area contributed by atoms with Crippen LogP contribution < -0.4 is 5.32 Å². The molecular weight excluding hydrogens is 294 g/mol. The number of carbonyl (C=O) groups is 1. The second-order valence-electron chi connectivity index (χ2n) is 5.88. The number of aryl methyl sites for hydroxylation is 1. The van der Waals surface area contributed by atoms with Crippen molar-refractivity contribution in [1.82, 2.24) is 15.3 Å². The van der Waals surface area contributed by atoms with Gasteiger partial charge in [0.1, 0.15) is 11.9 Å². The van der Waals surface area contributed by atoms with E-state index in [1.165, 1.54) is 0 Å². The molecule has 1 aliphatic rings. The second-order valence-corrected chi connectivity index (χ2v) is 5.88. The Kier molecular flexibility index (Phi) is 4.93.